The molecule has 0 unspecified atom stereocenters. The summed E-state index contributed by atoms with van der Waals surface area (Å²) in [4.78, 5) is 33.7. The van der Waals surface area contributed by atoms with Gasteiger partial charge in [0.05, 0.1) is 6.61 Å². The first-order chi connectivity index (χ1) is 17.2. The smallest absolute Gasteiger partial charge is 0.410 e. The van der Waals surface area contributed by atoms with Gasteiger partial charge in [0.25, 0.3) is 0 Å². The Bertz CT molecular complexity index is 1060. The Hall–Kier alpha value is -3.29. The van der Waals surface area contributed by atoms with Gasteiger partial charge in [-0.1, -0.05) is 6.07 Å². The minimum Gasteiger partial charge on any atom is -0.492 e. The number of hydrogen-bond donors (Lipinski definition) is 0. The fourth-order valence-electron chi connectivity index (χ4n) is 4.77. The predicted molar refractivity (Wildman–Crippen MR) is 137 cm³/mol. The molecule has 0 bridgehead atoms. The Labute approximate surface area is 213 Å². The lowest BCUT2D eigenvalue weighted by Crippen LogP contribution is -2.48. The van der Waals surface area contributed by atoms with Crippen molar-refractivity contribution in [1.82, 2.24) is 9.88 Å². The fraction of sp³-hybridized carbons (Fsp3) is 0.536. The van der Waals surface area contributed by atoms with Crippen LogP contribution in [0.1, 0.15) is 51.7 Å². The van der Waals surface area contributed by atoms with Crippen molar-refractivity contribution in [3.05, 3.63) is 53.9 Å². The van der Waals surface area contributed by atoms with Gasteiger partial charge in [0.15, 0.2) is 0 Å². The summed E-state index contributed by atoms with van der Waals surface area (Å²) < 4.78 is 17.3. The lowest BCUT2D eigenvalue weighted by Gasteiger charge is -2.40. The van der Waals surface area contributed by atoms with Gasteiger partial charge in [0.1, 0.15) is 23.4 Å². The number of benzene rings is 1. The van der Waals surface area contributed by atoms with Crippen LogP contribution in [0.4, 0.5) is 10.5 Å². The van der Waals surface area contributed by atoms with Crippen molar-refractivity contribution in [3.8, 4) is 5.75 Å². The maximum absolute atomic E-state index is 13.1. The van der Waals surface area contributed by atoms with Crippen molar-refractivity contribution in [1.29, 1.82) is 0 Å². The van der Waals surface area contributed by atoms with E-state index < -0.39 is 11.0 Å². The molecule has 2 aliphatic heterocycles. The molecule has 1 fully saturated rings. The molecule has 36 heavy (non-hydrogen) atoms. The van der Waals surface area contributed by atoms with E-state index in [0.29, 0.717) is 38.3 Å². The summed E-state index contributed by atoms with van der Waals surface area (Å²) in [5.74, 6) is 0.494. The topological polar surface area (TPSA) is 81.2 Å². The molecule has 2 aliphatic rings. The van der Waals surface area contributed by atoms with E-state index in [2.05, 4.69) is 16.0 Å². The first-order valence-corrected chi connectivity index (χ1v) is 12.7. The number of rotatable bonds is 6. The van der Waals surface area contributed by atoms with E-state index >= 15 is 0 Å². The number of amides is 1. The molecule has 8 nitrogen and oxygen atoms in total. The van der Waals surface area contributed by atoms with Crippen LogP contribution in [0, 0.1) is 5.41 Å². The van der Waals surface area contributed by atoms with E-state index in [1.165, 1.54) is 5.56 Å². The van der Waals surface area contributed by atoms with Crippen molar-refractivity contribution in [2.75, 3.05) is 37.7 Å². The molecule has 0 aliphatic carbocycles. The number of pyridine rings is 1. The Balaban J connectivity index is 1.43. The fourth-order valence-corrected chi connectivity index (χ4v) is 4.77. The normalized spacial score (nSPS) is 17.2. The van der Waals surface area contributed by atoms with E-state index in [-0.39, 0.29) is 18.7 Å². The Morgan fingerprint density at radius 2 is 1.75 bits per heavy atom. The monoisotopic (exact) mass is 495 g/mol. The summed E-state index contributed by atoms with van der Waals surface area (Å²) in [5, 5.41) is 0. The van der Waals surface area contributed by atoms with E-state index in [0.717, 1.165) is 30.8 Å². The first-order valence-electron chi connectivity index (χ1n) is 12.7. The Morgan fingerprint density at radius 3 is 2.42 bits per heavy atom. The number of aromatic nitrogens is 1. The molecule has 3 heterocycles. The molecule has 1 aromatic heterocycles. The highest BCUT2D eigenvalue weighted by molar-refractivity contribution is 5.77. The highest BCUT2D eigenvalue weighted by Crippen LogP contribution is 2.36. The zero-order valence-corrected chi connectivity index (χ0v) is 21.8. The maximum atomic E-state index is 13.1. The summed E-state index contributed by atoms with van der Waals surface area (Å²) in [6.45, 7) is 10.6. The first kappa shape index (κ1) is 25.8. The summed E-state index contributed by atoms with van der Waals surface area (Å²) in [6.07, 6.45) is 5.32. The Kier molecular flexibility index (Phi) is 7.71. The number of carbonyl (C=O) groups is 2. The van der Waals surface area contributed by atoms with Crippen LogP contribution in [0.5, 0.6) is 5.75 Å². The van der Waals surface area contributed by atoms with Gasteiger partial charge < -0.3 is 24.0 Å². The minimum absolute atomic E-state index is 0.201. The molecule has 2 aromatic rings. The molecule has 1 amide bonds. The largest absolute Gasteiger partial charge is 0.492 e. The van der Waals surface area contributed by atoms with Crippen LogP contribution in [0.3, 0.4) is 0 Å². The van der Waals surface area contributed by atoms with E-state index in [4.69, 9.17) is 14.2 Å². The summed E-state index contributed by atoms with van der Waals surface area (Å²) in [6, 6.07) is 9.97. The minimum atomic E-state index is -0.696. The number of piperidine rings is 1. The maximum Gasteiger partial charge on any atom is 0.410 e. The molecule has 0 N–H and O–H groups in total. The molecule has 0 radical (unpaired) electrons. The molecule has 1 aromatic carbocycles. The van der Waals surface area contributed by atoms with Crippen LogP contribution in [-0.4, -0.2) is 60.4 Å². The third-order valence-electron chi connectivity index (χ3n) is 6.81. The zero-order chi connectivity index (χ0) is 25.8. The second kappa shape index (κ2) is 10.8. The molecular formula is C28H37N3O5. The van der Waals surface area contributed by atoms with Crippen LogP contribution < -0.4 is 9.64 Å². The average molecular weight is 496 g/mol. The number of fused-ring (bicyclic) bond motifs is 1. The van der Waals surface area contributed by atoms with Gasteiger partial charge in [-0.15, -0.1) is 0 Å². The number of carbonyl (C=O) groups excluding carboxylic acids is 2. The van der Waals surface area contributed by atoms with Gasteiger partial charge in [-0.25, -0.2) is 4.79 Å². The molecular weight excluding hydrogens is 458 g/mol. The second-order valence-electron chi connectivity index (χ2n) is 10.6. The van der Waals surface area contributed by atoms with Crippen LogP contribution >= 0.6 is 0 Å². The van der Waals surface area contributed by atoms with Gasteiger partial charge in [0.2, 0.25) is 0 Å². The lowest BCUT2D eigenvalue weighted by atomic mass is 9.79. The lowest BCUT2D eigenvalue weighted by molar-refractivity contribution is -0.159. The highest BCUT2D eigenvalue weighted by Gasteiger charge is 2.44. The molecule has 4 rings (SSSR count). The molecule has 0 spiro atoms. The van der Waals surface area contributed by atoms with Gasteiger partial charge >= 0.3 is 12.1 Å². The number of ether oxygens (including phenoxy) is 3. The third kappa shape index (κ3) is 6.09. The van der Waals surface area contributed by atoms with Crippen LogP contribution in [0.25, 0.3) is 0 Å². The zero-order valence-electron chi connectivity index (χ0n) is 21.8. The average Bonchev–Trinajstić information content (AvgIpc) is 2.87. The number of esters is 1. The van der Waals surface area contributed by atoms with Crippen molar-refractivity contribution in [2.45, 2.75) is 59.1 Å². The molecule has 194 valence electrons. The Morgan fingerprint density at radius 1 is 1.03 bits per heavy atom. The summed E-state index contributed by atoms with van der Waals surface area (Å²) >= 11 is 0. The number of nitrogens with zero attached hydrogens (tertiary/aromatic N) is 3. The van der Waals surface area contributed by atoms with Crippen LogP contribution in [-0.2, 0) is 27.2 Å². The molecule has 8 heteroatoms. The van der Waals surface area contributed by atoms with Crippen molar-refractivity contribution in [3.63, 3.8) is 0 Å². The van der Waals surface area contributed by atoms with Crippen molar-refractivity contribution < 1.29 is 23.8 Å². The molecule has 1 saturated heterocycles. The van der Waals surface area contributed by atoms with E-state index in [1.807, 2.05) is 52.0 Å². The van der Waals surface area contributed by atoms with Gasteiger partial charge in [-0.05, 0) is 82.3 Å². The number of hydrogen-bond acceptors (Lipinski definition) is 7. The molecule has 0 atom stereocenters. The van der Waals surface area contributed by atoms with Crippen LogP contribution in [0.2, 0.25) is 0 Å². The van der Waals surface area contributed by atoms with Gasteiger partial charge in [-0.3, -0.25) is 9.78 Å². The second-order valence-corrected chi connectivity index (χ2v) is 10.6. The standard InChI is InChI=1S/C28H37N3O5/c1-5-34-25(32)28(11-16-30(17-12-28)23-8-13-29-14-9-23)20-35-24-7-6-21-10-15-31(19-22(21)18-24)26(33)36-27(2,3)4/h6-9,13-14,18H,5,10-12,15-17,19-20H2,1-4H3. The van der Waals surface area contributed by atoms with Gasteiger partial charge in [-0.2, -0.15) is 0 Å². The quantitative estimate of drug-likeness (QED) is 0.542. The van der Waals surface area contributed by atoms with E-state index in [9.17, 15) is 9.59 Å². The van der Waals surface area contributed by atoms with Crippen molar-refractivity contribution >= 4 is 17.7 Å². The van der Waals surface area contributed by atoms with Gasteiger partial charge in [0, 0.05) is 44.3 Å². The highest BCUT2D eigenvalue weighted by atomic mass is 16.6. The van der Waals surface area contributed by atoms with Crippen molar-refractivity contribution in [2.24, 2.45) is 5.41 Å². The molecule has 0 saturated carbocycles. The predicted octanol–water partition coefficient (Wildman–Crippen LogP) is 4.60. The number of anilines is 1. The summed E-state index contributed by atoms with van der Waals surface area (Å²) in [5.41, 5.74) is 2.12. The SMILES string of the molecule is CCOC(=O)C1(COc2ccc3c(c2)CN(C(=O)OC(C)(C)C)CC3)CCN(c2ccncc2)CC1. The van der Waals surface area contributed by atoms with Crippen LogP contribution in [0.15, 0.2) is 42.7 Å². The van der Waals surface area contributed by atoms with E-state index in [1.54, 1.807) is 17.3 Å². The summed E-state index contributed by atoms with van der Waals surface area (Å²) in [7, 11) is 0. The third-order valence-corrected chi connectivity index (χ3v) is 6.81.